The number of benzene rings is 2. The Hall–Kier alpha value is -4.50. The van der Waals surface area contributed by atoms with Crippen molar-refractivity contribution < 1.29 is 23.9 Å². The molecule has 1 saturated heterocycles. The highest BCUT2D eigenvalue weighted by molar-refractivity contribution is 6.31. The Bertz CT molecular complexity index is 1430. The number of hydrogen-bond donors (Lipinski definition) is 2. The third-order valence-corrected chi connectivity index (χ3v) is 6.56. The first kappa shape index (κ1) is 25.2. The Kier molecular flexibility index (Phi) is 7.19. The number of pyridine rings is 1. The number of anilines is 1. The molecule has 38 heavy (non-hydrogen) atoms. The summed E-state index contributed by atoms with van der Waals surface area (Å²) >= 11 is 6.41. The monoisotopic (exact) mass is 530 g/mol. The average molecular weight is 531 g/mol. The van der Waals surface area contributed by atoms with E-state index in [-0.39, 0.29) is 17.8 Å². The lowest BCUT2D eigenvalue weighted by Gasteiger charge is -2.33. The second kappa shape index (κ2) is 10.9. The van der Waals surface area contributed by atoms with Gasteiger partial charge in [0.1, 0.15) is 5.75 Å². The van der Waals surface area contributed by atoms with Crippen LogP contribution in [0.2, 0.25) is 5.02 Å². The molecule has 2 atom stereocenters. The number of nitrogens with one attached hydrogen (secondary N) is 2. The maximum atomic E-state index is 13.7. The van der Waals surface area contributed by atoms with E-state index in [2.05, 4.69) is 15.6 Å². The van der Waals surface area contributed by atoms with Crippen molar-refractivity contribution in [3.8, 4) is 5.75 Å². The molecule has 5 amide bonds. The smallest absolute Gasteiger partial charge is 0.321 e. The zero-order valence-electron chi connectivity index (χ0n) is 20.1. The average Bonchev–Trinajstić information content (AvgIpc) is 2.90. The molecule has 1 aromatic heterocycles. The van der Waals surface area contributed by atoms with E-state index in [1.165, 1.54) is 18.5 Å². The highest BCUT2D eigenvalue weighted by Gasteiger charge is 2.43. The van der Waals surface area contributed by atoms with Crippen LogP contribution in [0.5, 0.6) is 5.75 Å². The van der Waals surface area contributed by atoms with E-state index >= 15 is 0 Å². The summed E-state index contributed by atoms with van der Waals surface area (Å²) in [6.07, 6.45) is 5.07. The third kappa shape index (κ3) is 5.28. The van der Waals surface area contributed by atoms with Gasteiger partial charge in [-0.1, -0.05) is 48.0 Å². The van der Waals surface area contributed by atoms with Crippen LogP contribution in [0.25, 0.3) is 0 Å². The van der Waals surface area contributed by atoms with E-state index in [1.54, 1.807) is 30.3 Å². The Morgan fingerprint density at radius 1 is 1.03 bits per heavy atom. The summed E-state index contributed by atoms with van der Waals surface area (Å²) in [6, 6.07) is 17.4. The van der Waals surface area contributed by atoms with Gasteiger partial charge in [-0.3, -0.25) is 24.7 Å². The van der Waals surface area contributed by atoms with Crippen molar-refractivity contribution in [1.29, 1.82) is 0 Å². The minimum atomic E-state index is -0.976. The molecule has 0 bridgehead atoms. The number of rotatable bonds is 7. The third-order valence-electron chi connectivity index (χ3n) is 6.34. The molecule has 3 heterocycles. The van der Waals surface area contributed by atoms with Gasteiger partial charge in [0.15, 0.2) is 0 Å². The van der Waals surface area contributed by atoms with Gasteiger partial charge in [0.05, 0.1) is 30.3 Å². The molecule has 2 aromatic carbocycles. The van der Waals surface area contributed by atoms with Gasteiger partial charge < -0.3 is 10.1 Å². The fourth-order valence-electron chi connectivity index (χ4n) is 4.49. The van der Waals surface area contributed by atoms with Crippen LogP contribution in [0, 0.1) is 5.92 Å². The predicted octanol–water partition coefficient (Wildman–Crippen LogP) is 3.40. The fourth-order valence-corrected chi connectivity index (χ4v) is 4.72. The first-order chi connectivity index (χ1) is 18.4. The molecule has 1 fully saturated rings. The normalized spacial score (nSPS) is 19.5. The van der Waals surface area contributed by atoms with Gasteiger partial charge in [-0.05, 0) is 41.5 Å². The first-order valence-electron chi connectivity index (χ1n) is 12.0. The summed E-state index contributed by atoms with van der Waals surface area (Å²) in [5.74, 6) is -3.25. The molecule has 9 nitrogen and oxygen atoms in total. The molecule has 2 aliphatic rings. The standard InChI is InChI=1S/C28H23ClN4O5/c29-19-11-18(12-21(13-19)38-10-8-17-5-2-1-3-6-17)22-14-23(24-16-31-28(37)32-25(24)34)27(36)33(26(22)35)20-7-4-9-30-15-20/h1-7,9,11-15,22,24H,8,10,16H2,(H2,31,32,34,37). The predicted molar refractivity (Wildman–Crippen MR) is 140 cm³/mol. The van der Waals surface area contributed by atoms with E-state index in [4.69, 9.17) is 16.3 Å². The van der Waals surface area contributed by atoms with Crippen LogP contribution >= 0.6 is 11.6 Å². The van der Waals surface area contributed by atoms with Gasteiger partial charge in [0, 0.05) is 29.8 Å². The molecule has 5 rings (SSSR count). The summed E-state index contributed by atoms with van der Waals surface area (Å²) in [6.45, 7) is 0.319. The lowest BCUT2D eigenvalue weighted by Crippen LogP contribution is -2.55. The largest absolute Gasteiger partial charge is 0.493 e. The van der Waals surface area contributed by atoms with Crippen LogP contribution in [0.1, 0.15) is 17.0 Å². The topological polar surface area (TPSA) is 118 Å². The lowest BCUT2D eigenvalue weighted by molar-refractivity contribution is -0.129. The molecule has 2 unspecified atom stereocenters. The molecule has 192 valence electrons. The number of halogens is 1. The van der Waals surface area contributed by atoms with Crippen LogP contribution < -0.4 is 20.3 Å². The second-order valence-corrected chi connectivity index (χ2v) is 9.28. The molecular formula is C28H23ClN4O5. The molecule has 2 N–H and O–H groups in total. The van der Waals surface area contributed by atoms with E-state index in [1.807, 2.05) is 30.3 Å². The van der Waals surface area contributed by atoms with E-state index in [0.29, 0.717) is 29.4 Å². The summed E-state index contributed by atoms with van der Waals surface area (Å²) < 4.78 is 5.94. The molecule has 10 heteroatoms. The second-order valence-electron chi connectivity index (χ2n) is 8.85. The van der Waals surface area contributed by atoms with Gasteiger partial charge >= 0.3 is 6.03 Å². The maximum Gasteiger partial charge on any atom is 0.321 e. The molecule has 3 aromatic rings. The number of hydrogen-bond acceptors (Lipinski definition) is 6. The van der Waals surface area contributed by atoms with Gasteiger partial charge in [0.2, 0.25) is 11.8 Å². The molecule has 0 spiro atoms. The minimum absolute atomic E-state index is 0.0760. The van der Waals surface area contributed by atoms with Crippen molar-refractivity contribution in [3.05, 3.63) is 101 Å². The number of nitrogens with zero attached hydrogens (tertiary/aromatic N) is 2. The van der Waals surface area contributed by atoms with Crippen LogP contribution in [-0.2, 0) is 20.8 Å². The van der Waals surface area contributed by atoms with E-state index < -0.39 is 35.6 Å². The van der Waals surface area contributed by atoms with Gasteiger partial charge in [-0.25, -0.2) is 9.69 Å². The van der Waals surface area contributed by atoms with Crippen molar-refractivity contribution in [3.63, 3.8) is 0 Å². The zero-order valence-corrected chi connectivity index (χ0v) is 20.9. The van der Waals surface area contributed by atoms with Crippen molar-refractivity contribution in [1.82, 2.24) is 15.6 Å². The van der Waals surface area contributed by atoms with Crippen molar-refractivity contribution in [2.75, 3.05) is 18.1 Å². The number of imide groups is 2. The fraction of sp³-hybridized carbons (Fsp3) is 0.179. The molecule has 0 saturated carbocycles. The highest BCUT2D eigenvalue weighted by atomic mass is 35.5. The first-order valence-corrected chi connectivity index (χ1v) is 12.3. The Balaban J connectivity index is 1.49. The summed E-state index contributed by atoms with van der Waals surface area (Å²) in [4.78, 5) is 56.5. The number of carbonyl (C=O) groups is 4. The van der Waals surface area contributed by atoms with Crippen LogP contribution in [0.4, 0.5) is 10.5 Å². The van der Waals surface area contributed by atoms with Crippen LogP contribution in [-0.4, -0.2) is 41.9 Å². The van der Waals surface area contributed by atoms with Gasteiger partial charge in [0.25, 0.3) is 5.91 Å². The van der Waals surface area contributed by atoms with E-state index in [9.17, 15) is 19.2 Å². The Labute approximate surface area is 223 Å². The molecule has 2 aliphatic heterocycles. The summed E-state index contributed by atoms with van der Waals surface area (Å²) in [5.41, 5.74) is 1.96. The number of amides is 5. The number of urea groups is 1. The van der Waals surface area contributed by atoms with E-state index in [0.717, 1.165) is 10.5 Å². The zero-order chi connectivity index (χ0) is 26.6. The minimum Gasteiger partial charge on any atom is -0.493 e. The summed E-state index contributed by atoms with van der Waals surface area (Å²) in [7, 11) is 0. The Morgan fingerprint density at radius 2 is 1.84 bits per heavy atom. The molecular weight excluding hydrogens is 508 g/mol. The lowest BCUT2D eigenvalue weighted by atomic mass is 9.85. The summed E-state index contributed by atoms with van der Waals surface area (Å²) in [5, 5.41) is 5.07. The SMILES string of the molecule is O=C1NCC(C2=CC(c3cc(Cl)cc(OCCc4ccccc4)c3)C(=O)N(c3cccnc3)C2=O)C(=O)N1. The highest BCUT2D eigenvalue weighted by Crippen LogP contribution is 2.36. The van der Waals surface area contributed by atoms with Gasteiger partial charge in [-0.15, -0.1) is 0 Å². The van der Waals surface area contributed by atoms with Crippen molar-refractivity contribution in [2.45, 2.75) is 12.3 Å². The molecule has 0 radical (unpaired) electrons. The number of aromatic nitrogens is 1. The van der Waals surface area contributed by atoms with Gasteiger partial charge in [-0.2, -0.15) is 0 Å². The Morgan fingerprint density at radius 3 is 2.58 bits per heavy atom. The van der Waals surface area contributed by atoms with Crippen LogP contribution in [0.15, 0.2) is 84.7 Å². The quantitative estimate of drug-likeness (QED) is 0.452. The van der Waals surface area contributed by atoms with Crippen LogP contribution in [0.3, 0.4) is 0 Å². The molecule has 0 aliphatic carbocycles. The number of carbonyl (C=O) groups excluding carboxylic acids is 4. The van der Waals surface area contributed by atoms with Crippen molar-refractivity contribution in [2.24, 2.45) is 5.92 Å². The number of ether oxygens (including phenoxy) is 1. The van der Waals surface area contributed by atoms with Crippen molar-refractivity contribution >= 4 is 41.0 Å². The maximum absolute atomic E-state index is 13.7.